The van der Waals surface area contributed by atoms with Gasteiger partial charge in [0, 0.05) is 23.5 Å². The lowest BCUT2D eigenvalue weighted by atomic mass is 9.99. The van der Waals surface area contributed by atoms with Crippen LogP contribution in [0.3, 0.4) is 0 Å². The third-order valence-electron chi connectivity index (χ3n) is 3.33. The number of nitrogens with zero attached hydrogens (tertiary/aromatic N) is 1. The number of hydrogen-bond donors (Lipinski definition) is 3. The van der Waals surface area contributed by atoms with Gasteiger partial charge in [0.1, 0.15) is 5.65 Å². The zero-order valence-corrected chi connectivity index (χ0v) is 10.3. The van der Waals surface area contributed by atoms with Crippen molar-refractivity contribution in [3.63, 3.8) is 0 Å². The first-order valence-electron chi connectivity index (χ1n) is 6.05. The Morgan fingerprint density at radius 2 is 2.29 bits per heavy atom. The van der Waals surface area contributed by atoms with E-state index < -0.39 is 0 Å². The molecule has 0 aromatic carbocycles. The van der Waals surface area contributed by atoms with Crippen LogP contribution in [0.4, 0.5) is 5.69 Å². The van der Waals surface area contributed by atoms with Gasteiger partial charge in [-0.3, -0.25) is 0 Å². The number of aromatic nitrogens is 2. The molecular weight excluding hydrogens is 214 g/mol. The fourth-order valence-electron chi connectivity index (χ4n) is 1.94. The van der Waals surface area contributed by atoms with Crippen molar-refractivity contribution in [2.75, 3.05) is 11.9 Å². The number of aliphatic hydroxyl groups excluding tert-OH is 1. The summed E-state index contributed by atoms with van der Waals surface area (Å²) >= 11 is 0. The summed E-state index contributed by atoms with van der Waals surface area (Å²) in [5, 5.41) is 13.9. The first-order chi connectivity index (χ1) is 8.26. The Morgan fingerprint density at radius 1 is 1.47 bits per heavy atom. The van der Waals surface area contributed by atoms with E-state index in [-0.39, 0.29) is 12.6 Å². The van der Waals surface area contributed by atoms with E-state index in [0.29, 0.717) is 5.92 Å². The van der Waals surface area contributed by atoms with Crippen molar-refractivity contribution in [2.45, 2.75) is 26.3 Å². The SMILES string of the molecule is CC[C@H](C)[C@@H](CO)Nc1ccnc2[nH]ccc12. The molecule has 0 radical (unpaired) electrons. The van der Waals surface area contributed by atoms with Crippen molar-refractivity contribution in [3.8, 4) is 0 Å². The fraction of sp³-hybridized carbons (Fsp3) is 0.462. The largest absolute Gasteiger partial charge is 0.394 e. The van der Waals surface area contributed by atoms with E-state index in [4.69, 9.17) is 0 Å². The Bertz CT molecular complexity index is 480. The molecule has 0 bridgehead atoms. The predicted octanol–water partition coefficient (Wildman–Crippen LogP) is 2.38. The summed E-state index contributed by atoms with van der Waals surface area (Å²) < 4.78 is 0. The number of pyridine rings is 1. The predicted molar refractivity (Wildman–Crippen MR) is 70.0 cm³/mol. The molecule has 2 aromatic rings. The minimum atomic E-state index is 0.0838. The maximum Gasteiger partial charge on any atom is 0.139 e. The van der Waals surface area contributed by atoms with Gasteiger partial charge in [-0.15, -0.1) is 0 Å². The number of nitrogens with one attached hydrogen (secondary N) is 2. The highest BCUT2D eigenvalue weighted by Crippen LogP contribution is 2.22. The highest BCUT2D eigenvalue weighted by Gasteiger charge is 2.15. The summed E-state index contributed by atoms with van der Waals surface area (Å²) in [5.41, 5.74) is 1.89. The van der Waals surface area contributed by atoms with Gasteiger partial charge in [0.15, 0.2) is 0 Å². The number of hydrogen-bond acceptors (Lipinski definition) is 3. The van der Waals surface area contributed by atoms with Crippen molar-refractivity contribution < 1.29 is 5.11 Å². The van der Waals surface area contributed by atoms with Crippen LogP contribution < -0.4 is 5.32 Å². The van der Waals surface area contributed by atoms with Crippen LogP contribution >= 0.6 is 0 Å². The average Bonchev–Trinajstić information content (AvgIpc) is 2.83. The Balaban J connectivity index is 2.25. The molecule has 0 aliphatic carbocycles. The molecule has 0 unspecified atom stereocenters. The zero-order valence-electron chi connectivity index (χ0n) is 10.3. The summed E-state index contributed by atoms with van der Waals surface area (Å²) in [7, 11) is 0. The second-order valence-corrected chi connectivity index (χ2v) is 4.42. The highest BCUT2D eigenvalue weighted by molar-refractivity contribution is 5.89. The van der Waals surface area contributed by atoms with E-state index in [9.17, 15) is 5.11 Å². The second-order valence-electron chi connectivity index (χ2n) is 4.42. The molecule has 2 aromatic heterocycles. The minimum absolute atomic E-state index is 0.0838. The van der Waals surface area contributed by atoms with Crippen molar-refractivity contribution >= 4 is 16.7 Å². The molecule has 3 N–H and O–H groups in total. The van der Waals surface area contributed by atoms with Gasteiger partial charge in [-0.2, -0.15) is 0 Å². The number of H-pyrrole nitrogens is 1. The fourth-order valence-corrected chi connectivity index (χ4v) is 1.94. The van der Waals surface area contributed by atoms with Gasteiger partial charge in [-0.25, -0.2) is 4.98 Å². The number of rotatable bonds is 5. The standard InChI is InChI=1S/C13H19N3O/c1-3-9(2)12(8-17)16-11-5-7-15-13-10(11)4-6-14-13/h4-7,9,12,17H,3,8H2,1-2H3,(H2,14,15,16)/t9-,12+/m0/s1. The third-order valence-corrected chi connectivity index (χ3v) is 3.33. The number of fused-ring (bicyclic) bond motifs is 1. The zero-order chi connectivity index (χ0) is 12.3. The van der Waals surface area contributed by atoms with Crippen molar-refractivity contribution in [3.05, 3.63) is 24.5 Å². The van der Waals surface area contributed by atoms with Crippen LogP contribution in [0, 0.1) is 5.92 Å². The van der Waals surface area contributed by atoms with Crippen LogP contribution in [-0.2, 0) is 0 Å². The molecule has 0 saturated heterocycles. The average molecular weight is 233 g/mol. The van der Waals surface area contributed by atoms with Gasteiger partial charge in [0.2, 0.25) is 0 Å². The third kappa shape index (κ3) is 2.42. The summed E-state index contributed by atoms with van der Waals surface area (Å²) in [5.74, 6) is 0.433. The van der Waals surface area contributed by atoms with Crippen molar-refractivity contribution in [1.82, 2.24) is 9.97 Å². The quantitative estimate of drug-likeness (QED) is 0.743. The molecule has 4 heteroatoms. The Kier molecular flexibility index (Phi) is 3.64. The molecule has 0 saturated carbocycles. The van der Waals surface area contributed by atoms with E-state index in [2.05, 4.69) is 29.1 Å². The Labute approximate surface area is 101 Å². The van der Waals surface area contributed by atoms with E-state index in [1.54, 1.807) is 6.20 Å². The lowest BCUT2D eigenvalue weighted by Crippen LogP contribution is -2.30. The van der Waals surface area contributed by atoms with Crippen LogP contribution in [0.25, 0.3) is 11.0 Å². The van der Waals surface area contributed by atoms with Crippen LogP contribution in [0.15, 0.2) is 24.5 Å². The Hall–Kier alpha value is -1.55. The first-order valence-corrected chi connectivity index (χ1v) is 6.05. The molecule has 17 heavy (non-hydrogen) atoms. The second kappa shape index (κ2) is 5.19. The Morgan fingerprint density at radius 3 is 3.00 bits per heavy atom. The molecule has 0 fully saturated rings. The normalized spacial score (nSPS) is 14.8. The van der Waals surface area contributed by atoms with Gasteiger partial charge in [-0.05, 0) is 18.1 Å². The molecule has 4 nitrogen and oxygen atoms in total. The van der Waals surface area contributed by atoms with Crippen LogP contribution in [0.1, 0.15) is 20.3 Å². The van der Waals surface area contributed by atoms with Crippen LogP contribution in [0.2, 0.25) is 0 Å². The summed E-state index contributed by atoms with van der Waals surface area (Å²) in [4.78, 5) is 7.32. The monoisotopic (exact) mass is 233 g/mol. The lowest BCUT2D eigenvalue weighted by Gasteiger charge is -2.23. The van der Waals surface area contributed by atoms with E-state index in [1.165, 1.54) is 0 Å². The summed E-state index contributed by atoms with van der Waals surface area (Å²) in [6.07, 6.45) is 4.69. The summed E-state index contributed by atoms with van der Waals surface area (Å²) in [6, 6.07) is 4.03. The van der Waals surface area contributed by atoms with Crippen molar-refractivity contribution in [2.24, 2.45) is 5.92 Å². The van der Waals surface area contributed by atoms with Gasteiger partial charge in [-0.1, -0.05) is 20.3 Å². The molecule has 0 aliphatic heterocycles. The molecule has 2 heterocycles. The van der Waals surface area contributed by atoms with E-state index in [0.717, 1.165) is 23.1 Å². The highest BCUT2D eigenvalue weighted by atomic mass is 16.3. The minimum Gasteiger partial charge on any atom is -0.394 e. The number of aliphatic hydroxyl groups is 1. The molecule has 0 amide bonds. The molecule has 2 atom stereocenters. The van der Waals surface area contributed by atoms with E-state index >= 15 is 0 Å². The molecule has 0 aliphatic rings. The van der Waals surface area contributed by atoms with Gasteiger partial charge in [0.25, 0.3) is 0 Å². The molecule has 0 spiro atoms. The van der Waals surface area contributed by atoms with Gasteiger partial charge in [0.05, 0.1) is 12.6 Å². The van der Waals surface area contributed by atoms with Crippen molar-refractivity contribution in [1.29, 1.82) is 0 Å². The van der Waals surface area contributed by atoms with Gasteiger partial charge >= 0.3 is 0 Å². The smallest absolute Gasteiger partial charge is 0.139 e. The van der Waals surface area contributed by atoms with Crippen LogP contribution in [0.5, 0.6) is 0 Å². The van der Waals surface area contributed by atoms with E-state index in [1.807, 2.05) is 18.3 Å². The molecule has 2 rings (SSSR count). The number of aromatic amines is 1. The van der Waals surface area contributed by atoms with Crippen LogP contribution in [-0.4, -0.2) is 27.7 Å². The maximum atomic E-state index is 9.43. The topological polar surface area (TPSA) is 60.9 Å². The first kappa shape index (κ1) is 11.9. The van der Waals surface area contributed by atoms with Gasteiger partial charge < -0.3 is 15.4 Å². The molecule has 92 valence electrons. The number of anilines is 1. The maximum absolute atomic E-state index is 9.43. The molecular formula is C13H19N3O. The summed E-state index contributed by atoms with van der Waals surface area (Å²) in [6.45, 7) is 4.42. The lowest BCUT2D eigenvalue weighted by molar-refractivity contribution is 0.241.